The lowest BCUT2D eigenvalue weighted by molar-refractivity contribution is -0.118. The highest BCUT2D eigenvalue weighted by Crippen LogP contribution is 2.40. The van der Waals surface area contributed by atoms with Gasteiger partial charge in [0.15, 0.2) is 6.61 Å². The minimum absolute atomic E-state index is 0.118. The van der Waals surface area contributed by atoms with Crippen molar-refractivity contribution in [1.82, 2.24) is 0 Å². The number of rotatable bonds is 6. The number of halogens is 1. The highest BCUT2D eigenvalue weighted by molar-refractivity contribution is 7.17. The van der Waals surface area contributed by atoms with Crippen molar-refractivity contribution < 1.29 is 23.9 Å². The van der Waals surface area contributed by atoms with Gasteiger partial charge in [0.2, 0.25) is 0 Å². The van der Waals surface area contributed by atoms with Crippen LogP contribution < -0.4 is 15.8 Å². The summed E-state index contributed by atoms with van der Waals surface area (Å²) in [6.07, 6.45) is 2.62. The van der Waals surface area contributed by atoms with Crippen LogP contribution in [0.15, 0.2) is 18.2 Å². The number of methoxy groups -OCH3 is 1. The summed E-state index contributed by atoms with van der Waals surface area (Å²) in [5, 5.41) is 3.53. The molecule has 9 heteroatoms. The Labute approximate surface area is 177 Å². The topological polar surface area (TPSA) is 108 Å². The second-order valence-electron chi connectivity index (χ2n) is 6.89. The number of primary amides is 1. The van der Waals surface area contributed by atoms with Gasteiger partial charge in [-0.25, -0.2) is 4.79 Å². The van der Waals surface area contributed by atoms with Crippen molar-refractivity contribution in [3.63, 3.8) is 0 Å². The second-order valence-corrected chi connectivity index (χ2v) is 8.43. The van der Waals surface area contributed by atoms with E-state index in [2.05, 4.69) is 12.2 Å². The first-order valence-corrected chi connectivity index (χ1v) is 10.2. The number of benzene rings is 1. The van der Waals surface area contributed by atoms with E-state index in [4.69, 9.17) is 26.8 Å². The van der Waals surface area contributed by atoms with Crippen LogP contribution in [-0.2, 0) is 22.4 Å². The minimum atomic E-state index is -0.690. The maximum Gasteiger partial charge on any atom is 0.341 e. The molecule has 1 aliphatic rings. The first-order chi connectivity index (χ1) is 13.8. The Hall–Kier alpha value is -2.58. The van der Waals surface area contributed by atoms with E-state index in [0.29, 0.717) is 21.5 Å². The van der Waals surface area contributed by atoms with Crippen molar-refractivity contribution in [3.8, 4) is 5.75 Å². The number of anilines is 1. The monoisotopic (exact) mass is 436 g/mol. The van der Waals surface area contributed by atoms with Gasteiger partial charge in [0.1, 0.15) is 10.8 Å². The SMILES string of the molecule is COC(=O)c1c(NC(=O)COc2cc(Cl)ccc2C(N)=O)sc2c1CCC(C)C2. The van der Waals surface area contributed by atoms with Crippen LogP contribution in [0.3, 0.4) is 0 Å². The molecule has 0 saturated carbocycles. The third kappa shape index (κ3) is 4.71. The van der Waals surface area contributed by atoms with Crippen molar-refractivity contribution in [2.45, 2.75) is 26.2 Å². The molecule has 1 unspecified atom stereocenters. The number of esters is 1. The van der Waals surface area contributed by atoms with Crippen LogP contribution in [-0.4, -0.2) is 31.5 Å². The first kappa shape index (κ1) is 21.1. The molecule has 0 fully saturated rings. The van der Waals surface area contributed by atoms with Gasteiger partial charge in [-0.1, -0.05) is 18.5 Å². The van der Waals surface area contributed by atoms with E-state index in [-0.39, 0.29) is 17.9 Å². The van der Waals surface area contributed by atoms with Crippen molar-refractivity contribution in [1.29, 1.82) is 0 Å². The van der Waals surface area contributed by atoms with Gasteiger partial charge >= 0.3 is 5.97 Å². The zero-order valence-electron chi connectivity index (χ0n) is 16.0. The predicted octanol–water partition coefficient (Wildman–Crippen LogP) is 3.43. The lowest BCUT2D eigenvalue weighted by Crippen LogP contribution is -2.22. The van der Waals surface area contributed by atoms with Crippen molar-refractivity contribution >= 4 is 45.7 Å². The maximum absolute atomic E-state index is 12.5. The molecule has 1 aromatic heterocycles. The number of carbonyl (C=O) groups excluding carboxylic acids is 3. The van der Waals surface area contributed by atoms with E-state index in [1.165, 1.54) is 36.6 Å². The molecule has 29 heavy (non-hydrogen) atoms. The van der Waals surface area contributed by atoms with Crippen LogP contribution in [0.2, 0.25) is 5.02 Å². The molecule has 3 rings (SSSR count). The van der Waals surface area contributed by atoms with E-state index < -0.39 is 17.8 Å². The number of hydrogen-bond acceptors (Lipinski definition) is 6. The van der Waals surface area contributed by atoms with Gasteiger partial charge in [0.05, 0.1) is 18.2 Å². The molecule has 1 aromatic carbocycles. The largest absolute Gasteiger partial charge is 0.483 e. The third-order valence-electron chi connectivity index (χ3n) is 4.72. The molecule has 0 bridgehead atoms. The number of amides is 2. The Morgan fingerprint density at radius 2 is 2.10 bits per heavy atom. The number of nitrogens with two attached hydrogens (primary N) is 1. The molecule has 2 amide bonds. The van der Waals surface area contributed by atoms with Gasteiger partial charge in [-0.15, -0.1) is 11.3 Å². The smallest absolute Gasteiger partial charge is 0.341 e. The van der Waals surface area contributed by atoms with Crippen LogP contribution in [0.5, 0.6) is 5.75 Å². The molecule has 2 aromatic rings. The lowest BCUT2D eigenvalue weighted by Gasteiger charge is -2.18. The third-order valence-corrected chi connectivity index (χ3v) is 6.13. The average molecular weight is 437 g/mol. The normalized spacial score (nSPS) is 15.3. The zero-order chi connectivity index (χ0) is 21.1. The summed E-state index contributed by atoms with van der Waals surface area (Å²) < 4.78 is 10.4. The molecule has 1 atom stereocenters. The highest BCUT2D eigenvalue weighted by Gasteiger charge is 2.29. The van der Waals surface area contributed by atoms with Gasteiger partial charge < -0.3 is 20.5 Å². The Morgan fingerprint density at radius 1 is 1.34 bits per heavy atom. The predicted molar refractivity (Wildman–Crippen MR) is 111 cm³/mol. The number of nitrogens with one attached hydrogen (secondary N) is 1. The van der Waals surface area contributed by atoms with Crippen molar-refractivity contribution in [2.24, 2.45) is 11.7 Å². The summed E-state index contributed by atoms with van der Waals surface area (Å²) in [5.41, 5.74) is 6.80. The summed E-state index contributed by atoms with van der Waals surface area (Å²) in [6.45, 7) is 1.79. The van der Waals surface area contributed by atoms with Gasteiger partial charge in [0, 0.05) is 9.90 Å². The van der Waals surface area contributed by atoms with Crippen LogP contribution in [0.4, 0.5) is 5.00 Å². The summed E-state index contributed by atoms with van der Waals surface area (Å²) in [7, 11) is 1.32. The van der Waals surface area contributed by atoms with Crippen LogP contribution in [0, 0.1) is 5.92 Å². The summed E-state index contributed by atoms with van der Waals surface area (Å²) in [6, 6.07) is 4.36. The molecule has 154 valence electrons. The number of thiophene rings is 1. The average Bonchev–Trinajstić information content (AvgIpc) is 3.02. The van der Waals surface area contributed by atoms with E-state index in [0.717, 1.165) is 29.7 Å². The van der Waals surface area contributed by atoms with Gasteiger partial charge in [-0.05, 0) is 48.9 Å². The van der Waals surface area contributed by atoms with E-state index >= 15 is 0 Å². The molecular formula is C20H21ClN2O5S. The molecule has 0 spiro atoms. The standard InChI is InChI=1S/C20H21ClN2O5S/c1-10-3-5-13-15(7-10)29-19(17(13)20(26)27-2)23-16(24)9-28-14-8-11(21)4-6-12(14)18(22)25/h4,6,8,10H,3,5,7,9H2,1-2H3,(H2,22,25)(H,23,24). The van der Waals surface area contributed by atoms with Gasteiger partial charge in [-0.2, -0.15) is 0 Å². The number of ether oxygens (including phenoxy) is 2. The second kappa shape index (κ2) is 8.84. The number of fused-ring (bicyclic) bond motifs is 1. The highest BCUT2D eigenvalue weighted by atomic mass is 35.5. The fraction of sp³-hybridized carbons (Fsp3) is 0.350. The molecule has 0 aliphatic heterocycles. The first-order valence-electron chi connectivity index (χ1n) is 9.05. The maximum atomic E-state index is 12.5. The van der Waals surface area contributed by atoms with Crippen LogP contribution in [0.1, 0.15) is 44.5 Å². The molecule has 7 nitrogen and oxygen atoms in total. The van der Waals surface area contributed by atoms with Crippen molar-refractivity contribution in [2.75, 3.05) is 19.0 Å². The fourth-order valence-electron chi connectivity index (χ4n) is 3.28. The Morgan fingerprint density at radius 3 is 2.79 bits per heavy atom. The molecule has 0 radical (unpaired) electrons. The van der Waals surface area contributed by atoms with Crippen LogP contribution in [0.25, 0.3) is 0 Å². The lowest BCUT2D eigenvalue weighted by atomic mass is 9.88. The van der Waals surface area contributed by atoms with Crippen molar-refractivity contribution in [3.05, 3.63) is 44.8 Å². The van der Waals surface area contributed by atoms with Crippen LogP contribution >= 0.6 is 22.9 Å². The zero-order valence-corrected chi connectivity index (χ0v) is 17.6. The molecule has 0 saturated heterocycles. The molecule has 3 N–H and O–H groups in total. The Bertz CT molecular complexity index is 972. The Kier molecular flexibility index (Phi) is 6.44. The molecular weight excluding hydrogens is 416 g/mol. The number of carbonyl (C=O) groups is 3. The van der Waals surface area contributed by atoms with E-state index in [1.54, 1.807) is 0 Å². The fourth-order valence-corrected chi connectivity index (χ4v) is 4.86. The summed E-state index contributed by atoms with van der Waals surface area (Å²) in [5.74, 6) is -0.998. The molecule has 1 aliphatic carbocycles. The molecule has 1 heterocycles. The minimum Gasteiger partial charge on any atom is -0.483 e. The Balaban J connectivity index is 1.77. The number of hydrogen-bond donors (Lipinski definition) is 2. The summed E-state index contributed by atoms with van der Waals surface area (Å²) in [4.78, 5) is 37.4. The van der Waals surface area contributed by atoms with Gasteiger partial charge in [0.25, 0.3) is 11.8 Å². The van der Waals surface area contributed by atoms with E-state index in [9.17, 15) is 14.4 Å². The summed E-state index contributed by atoms with van der Waals surface area (Å²) >= 11 is 7.31. The van der Waals surface area contributed by atoms with Gasteiger partial charge in [-0.3, -0.25) is 9.59 Å². The quantitative estimate of drug-likeness (QED) is 0.674. The van der Waals surface area contributed by atoms with E-state index in [1.807, 2.05) is 0 Å².